The second-order valence-electron chi connectivity index (χ2n) is 6.90. The van der Waals surface area contributed by atoms with Crippen molar-refractivity contribution in [3.8, 4) is 5.75 Å². The Morgan fingerprint density at radius 2 is 1.88 bits per heavy atom. The summed E-state index contributed by atoms with van der Waals surface area (Å²) < 4.78 is 16.5. The van der Waals surface area contributed by atoms with Crippen molar-refractivity contribution in [2.45, 2.75) is 59.0 Å². The monoisotopic (exact) mass is 344 g/mol. The van der Waals surface area contributed by atoms with Gasteiger partial charge in [0.05, 0.1) is 12.0 Å². The first kappa shape index (κ1) is 17.5. The maximum Gasteiger partial charge on any atom is 0.342 e. The lowest BCUT2D eigenvalue weighted by Crippen LogP contribution is -2.22. The predicted molar refractivity (Wildman–Crippen MR) is 93.7 cm³/mol. The first-order valence-electron chi connectivity index (χ1n) is 8.91. The third-order valence-electron chi connectivity index (χ3n) is 4.54. The van der Waals surface area contributed by atoms with Crippen LogP contribution in [0.4, 0.5) is 0 Å². The lowest BCUT2D eigenvalue weighted by atomic mass is 9.89. The van der Waals surface area contributed by atoms with Crippen molar-refractivity contribution in [1.82, 2.24) is 0 Å². The maximum atomic E-state index is 12.3. The van der Waals surface area contributed by atoms with Gasteiger partial charge in [-0.25, -0.2) is 4.79 Å². The molecule has 0 amide bonds. The predicted octanol–water partition coefficient (Wildman–Crippen LogP) is 4.79. The van der Waals surface area contributed by atoms with E-state index in [1.807, 2.05) is 0 Å². The summed E-state index contributed by atoms with van der Waals surface area (Å²) in [5, 5.41) is 0.608. The number of hydrogen-bond acceptors (Lipinski definition) is 5. The Labute approximate surface area is 147 Å². The van der Waals surface area contributed by atoms with Crippen LogP contribution < -0.4 is 4.74 Å². The van der Waals surface area contributed by atoms with E-state index in [4.69, 9.17) is 13.9 Å². The highest BCUT2D eigenvalue weighted by molar-refractivity contribution is 6.05. The van der Waals surface area contributed by atoms with Gasteiger partial charge in [0.2, 0.25) is 0 Å². The van der Waals surface area contributed by atoms with Crippen LogP contribution >= 0.6 is 0 Å². The second kappa shape index (κ2) is 7.30. The van der Waals surface area contributed by atoms with Crippen molar-refractivity contribution < 1.29 is 23.5 Å². The van der Waals surface area contributed by atoms with E-state index < -0.39 is 5.97 Å². The van der Waals surface area contributed by atoms with Crippen LogP contribution in [0.2, 0.25) is 0 Å². The highest BCUT2D eigenvalue weighted by Gasteiger charge is 2.24. The molecular formula is C20H24O5. The average molecular weight is 344 g/mol. The minimum Gasteiger partial charge on any atom is -0.460 e. The van der Waals surface area contributed by atoms with E-state index in [2.05, 4.69) is 0 Å². The summed E-state index contributed by atoms with van der Waals surface area (Å²) in [4.78, 5) is 24.7. The number of esters is 2. The topological polar surface area (TPSA) is 65.7 Å². The molecule has 5 nitrogen and oxygen atoms in total. The number of rotatable bonds is 4. The molecule has 134 valence electrons. The molecule has 1 saturated carbocycles. The molecule has 0 saturated heterocycles. The zero-order valence-corrected chi connectivity index (χ0v) is 15.0. The quantitative estimate of drug-likeness (QED) is 0.589. The summed E-state index contributed by atoms with van der Waals surface area (Å²) in [7, 11) is 0. The second-order valence-corrected chi connectivity index (χ2v) is 6.90. The van der Waals surface area contributed by atoms with Crippen LogP contribution in [0.25, 0.3) is 11.0 Å². The minimum atomic E-state index is -0.429. The van der Waals surface area contributed by atoms with E-state index in [-0.39, 0.29) is 18.0 Å². The molecule has 0 spiro atoms. The zero-order valence-electron chi connectivity index (χ0n) is 15.0. The molecule has 1 aromatic heterocycles. The van der Waals surface area contributed by atoms with Crippen LogP contribution in [-0.2, 0) is 9.53 Å². The summed E-state index contributed by atoms with van der Waals surface area (Å²) in [6.07, 6.45) is 4.89. The van der Waals surface area contributed by atoms with Gasteiger partial charge in [0.1, 0.15) is 22.7 Å². The van der Waals surface area contributed by atoms with Crippen molar-refractivity contribution in [3.63, 3.8) is 0 Å². The summed E-state index contributed by atoms with van der Waals surface area (Å²) >= 11 is 0. The molecule has 1 fully saturated rings. The molecular weight excluding hydrogens is 320 g/mol. The Bertz CT molecular complexity index is 781. The van der Waals surface area contributed by atoms with Crippen LogP contribution in [0, 0.1) is 12.8 Å². The Balaban J connectivity index is 1.85. The molecule has 1 aliphatic rings. The van der Waals surface area contributed by atoms with Crippen molar-refractivity contribution in [1.29, 1.82) is 0 Å². The molecule has 1 aromatic carbocycles. The fraction of sp³-hybridized carbons (Fsp3) is 0.500. The highest BCUT2D eigenvalue weighted by atomic mass is 16.5. The van der Waals surface area contributed by atoms with Gasteiger partial charge in [-0.15, -0.1) is 0 Å². The van der Waals surface area contributed by atoms with Gasteiger partial charge in [0.15, 0.2) is 0 Å². The highest BCUT2D eigenvalue weighted by Crippen LogP contribution is 2.31. The Hall–Kier alpha value is -2.30. The minimum absolute atomic E-state index is 0.0269. The Morgan fingerprint density at radius 3 is 2.56 bits per heavy atom. The molecule has 0 atom stereocenters. The van der Waals surface area contributed by atoms with Gasteiger partial charge < -0.3 is 13.9 Å². The van der Waals surface area contributed by atoms with Crippen LogP contribution in [-0.4, -0.2) is 18.0 Å². The number of ether oxygens (including phenoxy) is 2. The normalized spacial score (nSPS) is 15.5. The van der Waals surface area contributed by atoms with Gasteiger partial charge >= 0.3 is 11.9 Å². The molecule has 2 aromatic rings. The molecule has 5 heteroatoms. The van der Waals surface area contributed by atoms with Crippen molar-refractivity contribution in [2.75, 3.05) is 0 Å². The van der Waals surface area contributed by atoms with E-state index >= 15 is 0 Å². The van der Waals surface area contributed by atoms with Gasteiger partial charge in [-0.05, 0) is 51.8 Å². The molecule has 0 radical (unpaired) electrons. The van der Waals surface area contributed by atoms with Crippen LogP contribution in [0.3, 0.4) is 0 Å². The van der Waals surface area contributed by atoms with Gasteiger partial charge in [-0.1, -0.05) is 19.3 Å². The summed E-state index contributed by atoms with van der Waals surface area (Å²) in [5.74, 6) is 0.285. The summed E-state index contributed by atoms with van der Waals surface area (Å²) in [5.41, 5.74) is 0.963. The molecule has 25 heavy (non-hydrogen) atoms. The van der Waals surface area contributed by atoms with E-state index in [9.17, 15) is 9.59 Å². The van der Waals surface area contributed by atoms with Crippen molar-refractivity contribution in [3.05, 3.63) is 29.5 Å². The molecule has 3 rings (SSSR count). The lowest BCUT2D eigenvalue weighted by Gasteiger charge is -2.19. The number of furan rings is 1. The molecule has 0 aliphatic heterocycles. The largest absolute Gasteiger partial charge is 0.460 e. The number of aryl methyl sites for hydroxylation is 1. The zero-order chi connectivity index (χ0) is 18.0. The Kier molecular flexibility index (Phi) is 5.11. The fourth-order valence-electron chi connectivity index (χ4n) is 3.33. The third kappa shape index (κ3) is 3.86. The van der Waals surface area contributed by atoms with Crippen LogP contribution in [0.5, 0.6) is 5.75 Å². The van der Waals surface area contributed by atoms with E-state index in [1.165, 1.54) is 6.42 Å². The first-order valence-corrected chi connectivity index (χ1v) is 8.91. The lowest BCUT2D eigenvalue weighted by molar-refractivity contribution is -0.139. The summed E-state index contributed by atoms with van der Waals surface area (Å²) in [6, 6.07) is 5.10. The first-order chi connectivity index (χ1) is 12.0. The molecule has 0 N–H and O–H groups in total. The van der Waals surface area contributed by atoms with Crippen molar-refractivity contribution in [2.24, 2.45) is 5.92 Å². The fourth-order valence-corrected chi connectivity index (χ4v) is 3.33. The number of carbonyl (C=O) groups is 2. The average Bonchev–Trinajstić information content (AvgIpc) is 2.90. The molecule has 1 aliphatic carbocycles. The SMILES string of the molecule is Cc1oc2ccc(OC(=O)C3CCCCC3)cc2c1C(=O)OC(C)C. The van der Waals surface area contributed by atoms with Gasteiger partial charge in [-0.3, -0.25) is 4.79 Å². The van der Waals surface area contributed by atoms with Gasteiger partial charge in [0.25, 0.3) is 0 Å². The van der Waals surface area contributed by atoms with Gasteiger partial charge in [-0.2, -0.15) is 0 Å². The molecule has 1 heterocycles. The van der Waals surface area contributed by atoms with Crippen LogP contribution in [0.15, 0.2) is 22.6 Å². The third-order valence-corrected chi connectivity index (χ3v) is 4.54. The molecule has 0 bridgehead atoms. The van der Waals surface area contributed by atoms with E-state index in [1.54, 1.807) is 39.0 Å². The van der Waals surface area contributed by atoms with Crippen molar-refractivity contribution >= 4 is 22.9 Å². The Morgan fingerprint density at radius 1 is 1.16 bits per heavy atom. The number of fused-ring (bicyclic) bond motifs is 1. The van der Waals surface area contributed by atoms with E-state index in [0.717, 1.165) is 25.7 Å². The number of benzene rings is 1. The van der Waals surface area contributed by atoms with Crippen LogP contribution in [0.1, 0.15) is 62.1 Å². The smallest absolute Gasteiger partial charge is 0.342 e. The number of hydrogen-bond donors (Lipinski definition) is 0. The molecule has 0 unspecified atom stereocenters. The maximum absolute atomic E-state index is 12.3. The van der Waals surface area contributed by atoms with E-state index in [0.29, 0.717) is 28.0 Å². The standard InChI is InChI=1S/C20H24O5/c1-12(2)23-20(22)18-13(3)24-17-10-9-15(11-16(17)18)25-19(21)14-7-5-4-6-8-14/h9-12,14H,4-8H2,1-3H3. The summed E-state index contributed by atoms with van der Waals surface area (Å²) in [6.45, 7) is 5.32. The number of carbonyl (C=O) groups excluding carboxylic acids is 2. The van der Waals surface area contributed by atoms with Gasteiger partial charge in [0, 0.05) is 5.39 Å².